The highest BCUT2D eigenvalue weighted by Gasteiger charge is 2.07. The summed E-state index contributed by atoms with van der Waals surface area (Å²) in [6, 6.07) is 10.6. The van der Waals surface area contributed by atoms with Gasteiger partial charge in [0.15, 0.2) is 5.82 Å². The van der Waals surface area contributed by atoms with Crippen molar-refractivity contribution in [1.29, 1.82) is 0 Å². The average Bonchev–Trinajstić information content (AvgIpc) is 3.12. The maximum atomic E-state index is 11.7. The van der Waals surface area contributed by atoms with Crippen molar-refractivity contribution in [3.63, 3.8) is 0 Å². The Kier molecular flexibility index (Phi) is 4.51. The zero-order valence-electron chi connectivity index (χ0n) is 13.4. The highest BCUT2D eigenvalue weighted by Crippen LogP contribution is 2.21. The molecule has 3 rings (SSSR count). The molecule has 0 saturated heterocycles. The summed E-state index contributed by atoms with van der Waals surface area (Å²) in [6.07, 6.45) is 5.11. The molecule has 0 aliphatic carbocycles. The minimum Gasteiger partial charge on any atom is -0.438 e. The first-order valence-electron chi connectivity index (χ1n) is 7.52. The van der Waals surface area contributed by atoms with E-state index in [1.54, 1.807) is 59.7 Å². The highest BCUT2D eigenvalue weighted by atomic mass is 16.5. The fourth-order valence-electron chi connectivity index (χ4n) is 1.91. The van der Waals surface area contributed by atoms with Crippen molar-refractivity contribution < 1.29 is 9.53 Å². The molecule has 0 spiro atoms. The molecule has 1 aromatic carbocycles. The number of nitrogens with zero attached hydrogens (tertiary/aromatic N) is 4. The quantitative estimate of drug-likeness (QED) is 0.780. The molecular weight excluding hydrogens is 306 g/mol. The van der Waals surface area contributed by atoms with Gasteiger partial charge in [-0.2, -0.15) is 0 Å². The summed E-state index contributed by atoms with van der Waals surface area (Å²) in [6.45, 7) is 3.69. The molecular formula is C17H17N5O2. The number of rotatable bonds is 5. The molecule has 1 N–H and O–H groups in total. The van der Waals surface area contributed by atoms with Gasteiger partial charge in [-0.1, -0.05) is 13.8 Å². The molecule has 2 aromatic heterocycles. The third kappa shape index (κ3) is 3.75. The van der Waals surface area contributed by atoms with Crippen LogP contribution in [0.5, 0.6) is 11.6 Å². The largest absolute Gasteiger partial charge is 0.438 e. The highest BCUT2D eigenvalue weighted by molar-refractivity contribution is 5.92. The molecule has 122 valence electrons. The van der Waals surface area contributed by atoms with E-state index in [0.29, 0.717) is 17.4 Å². The van der Waals surface area contributed by atoms with Crippen molar-refractivity contribution in [1.82, 2.24) is 19.7 Å². The van der Waals surface area contributed by atoms with Gasteiger partial charge in [0.1, 0.15) is 12.1 Å². The van der Waals surface area contributed by atoms with Crippen LogP contribution in [0.1, 0.15) is 13.8 Å². The molecule has 7 heteroatoms. The third-order valence-electron chi connectivity index (χ3n) is 3.26. The van der Waals surface area contributed by atoms with E-state index in [4.69, 9.17) is 4.74 Å². The molecule has 24 heavy (non-hydrogen) atoms. The van der Waals surface area contributed by atoms with Gasteiger partial charge in [-0.05, 0) is 30.3 Å². The number of benzene rings is 1. The topological polar surface area (TPSA) is 81.9 Å². The van der Waals surface area contributed by atoms with E-state index < -0.39 is 0 Å². The summed E-state index contributed by atoms with van der Waals surface area (Å²) in [7, 11) is 0. The van der Waals surface area contributed by atoms with Crippen LogP contribution in [-0.2, 0) is 4.79 Å². The van der Waals surface area contributed by atoms with Gasteiger partial charge in [0.2, 0.25) is 11.8 Å². The molecule has 0 fully saturated rings. The Labute approximate surface area is 139 Å². The normalized spacial score (nSPS) is 10.6. The van der Waals surface area contributed by atoms with Crippen LogP contribution < -0.4 is 10.1 Å². The van der Waals surface area contributed by atoms with E-state index >= 15 is 0 Å². The lowest BCUT2D eigenvalue weighted by Crippen LogP contribution is -2.17. The molecule has 7 nitrogen and oxygen atoms in total. The molecule has 3 aromatic rings. The number of aromatic nitrogens is 4. The standard InChI is InChI=1S/C17H17N5O2/c1-12(2)17(23)19-13-3-5-14(6-4-13)24-16-8-7-15(20-21-16)22-10-9-18-11-22/h3-12H,1-2H3,(H,19,23). The summed E-state index contributed by atoms with van der Waals surface area (Å²) in [4.78, 5) is 15.6. The van der Waals surface area contributed by atoms with Crippen LogP contribution in [-0.4, -0.2) is 25.7 Å². The van der Waals surface area contributed by atoms with Crippen LogP contribution in [0.2, 0.25) is 0 Å². The summed E-state index contributed by atoms with van der Waals surface area (Å²) in [5, 5.41) is 10.9. The maximum Gasteiger partial charge on any atom is 0.238 e. The van der Waals surface area contributed by atoms with E-state index in [9.17, 15) is 4.79 Å². The zero-order chi connectivity index (χ0) is 16.9. The number of hydrogen-bond acceptors (Lipinski definition) is 5. The molecule has 0 bridgehead atoms. The monoisotopic (exact) mass is 323 g/mol. The van der Waals surface area contributed by atoms with Gasteiger partial charge in [-0.15, -0.1) is 10.2 Å². The van der Waals surface area contributed by atoms with Crippen molar-refractivity contribution in [3.05, 3.63) is 55.1 Å². The summed E-state index contributed by atoms with van der Waals surface area (Å²) in [5.41, 5.74) is 0.725. The average molecular weight is 323 g/mol. The molecule has 0 aliphatic rings. The van der Waals surface area contributed by atoms with Crippen molar-refractivity contribution >= 4 is 11.6 Å². The fourth-order valence-corrected chi connectivity index (χ4v) is 1.91. The fraction of sp³-hybridized carbons (Fsp3) is 0.176. The molecule has 0 saturated carbocycles. The SMILES string of the molecule is CC(C)C(=O)Nc1ccc(Oc2ccc(-n3ccnc3)nn2)cc1. The van der Waals surface area contributed by atoms with Crippen LogP contribution in [0.4, 0.5) is 5.69 Å². The van der Waals surface area contributed by atoms with Crippen molar-refractivity contribution in [2.45, 2.75) is 13.8 Å². The molecule has 1 amide bonds. The van der Waals surface area contributed by atoms with Gasteiger partial charge in [-0.3, -0.25) is 9.36 Å². The van der Waals surface area contributed by atoms with Crippen molar-refractivity contribution in [3.8, 4) is 17.4 Å². The Balaban J connectivity index is 1.64. The maximum absolute atomic E-state index is 11.7. The number of imidazole rings is 1. The zero-order valence-corrected chi connectivity index (χ0v) is 13.4. The Bertz CT molecular complexity index is 796. The lowest BCUT2D eigenvalue weighted by atomic mass is 10.2. The number of carbonyl (C=O) groups is 1. The van der Waals surface area contributed by atoms with Crippen LogP contribution in [0.25, 0.3) is 5.82 Å². The smallest absolute Gasteiger partial charge is 0.238 e. The predicted octanol–water partition coefficient (Wildman–Crippen LogP) is 3.05. The summed E-state index contributed by atoms with van der Waals surface area (Å²) >= 11 is 0. The first-order valence-corrected chi connectivity index (χ1v) is 7.52. The second-order valence-electron chi connectivity index (χ2n) is 5.47. The van der Waals surface area contributed by atoms with Crippen LogP contribution in [0, 0.1) is 5.92 Å². The van der Waals surface area contributed by atoms with E-state index in [-0.39, 0.29) is 11.8 Å². The first-order chi connectivity index (χ1) is 11.6. The Morgan fingerprint density at radius 1 is 1.12 bits per heavy atom. The second-order valence-corrected chi connectivity index (χ2v) is 5.47. The first kappa shape index (κ1) is 15.7. The van der Waals surface area contributed by atoms with Crippen molar-refractivity contribution in [2.24, 2.45) is 5.92 Å². The Hall–Kier alpha value is -3.22. The van der Waals surface area contributed by atoms with Gasteiger partial charge in [0.25, 0.3) is 0 Å². The molecule has 0 atom stereocenters. The molecule has 2 heterocycles. The predicted molar refractivity (Wildman–Crippen MR) is 89.1 cm³/mol. The molecule has 0 radical (unpaired) electrons. The van der Waals surface area contributed by atoms with Gasteiger partial charge < -0.3 is 10.1 Å². The van der Waals surface area contributed by atoms with E-state index in [0.717, 1.165) is 5.69 Å². The van der Waals surface area contributed by atoms with Crippen LogP contribution in [0.15, 0.2) is 55.1 Å². The minimum atomic E-state index is -0.0646. The lowest BCUT2D eigenvalue weighted by Gasteiger charge is -2.09. The molecule has 0 aliphatic heterocycles. The summed E-state index contributed by atoms with van der Waals surface area (Å²) < 4.78 is 7.40. The second kappa shape index (κ2) is 6.91. The van der Waals surface area contributed by atoms with Gasteiger partial charge in [0, 0.05) is 30.1 Å². The van der Waals surface area contributed by atoms with E-state index in [1.807, 2.05) is 13.8 Å². The number of hydrogen-bond donors (Lipinski definition) is 1. The Morgan fingerprint density at radius 2 is 1.92 bits per heavy atom. The number of nitrogens with one attached hydrogen (secondary N) is 1. The van der Waals surface area contributed by atoms with Gasteiger partial charge in [0.05, 0.1) is 0 Å². The summed E-state index contributed by atoms with van der Waals surface area (Å²) in [5.74, 6) is 1.57. The number of ether oxygens (including phenoxy) is 1. The van der Waals surface area contributed by atoms with Crippen molar-refractivity contribution in [2.75, 3.05) is 5.32 Å². The van der Waals surface area contributed by atoms with E-state index in [2.05, 4.69) is 20.5 Å². The number of amides is 1. The van der Waals surface area contributed by atoms with Crippen LogP contribution in [0.3, 0.4) is 0 Å². The van der Waals surface area contributed by atoms with E-state index in [1.165, 1.54) is 0 Å². The minimum absolute atomic E-state index is 0.0235. The van der Waals surface area contributed by atoms with Crippen LogP contribution >= 0.6 is 0 Å². The van der Waals surface area contributed by atoms with Gasteiger partial charge >= 0.3 is 0 Å². The number of carbonyl (C=O) groups excluding carboxylic acids is 1. The van der Waals surface area contributed by atoms with Gasteiger partial charge in [-0.25, -0.2) is 4.98 Å². The third-order valence-corrected chi connectivity index (χ3v) is 3.26. The lowest BCUT2D eigenvalue weighted by molar-refractivity contribution is -0.118. The Morgan fingerprint density at radius 3 is 2.50 bits per heavy atom. The number of anilines is 1. The molecule has 0 unspecified atom stereocenters.